The van der Waals surface area contributed by atoms with Crippen LogP contribution in [0.1, 0.15) is 37.2 Å². The van der Waals surface area contributed by atoms with Crippen molar-refractivity contribution in [2.24, 2.45) is 0 Å². The lowest BCUT2D eigenvalue weighted by Crippen LogP contribution is -2.31. The van der Waals surface area contributed by atoms with Crippen molar-refractivity contribution in [3.63, 3.8) is 0 Å². The van der Waals surface area contributed by atoms with Gasteiger partial charge in [0, 0.05) is 23.2 Å². The van der Waals surface area contributed by atoms with Gasteiger partial charge in [0.15, 0.2) is 5.65 Å². The molecule has 2 N–H and O–H groups in total. The third-order valence-electron chi connectivity index (χ3n) is 5.52. The molecule has 0 atom stereocenters. The van der Waals surface area contributed by atoms with Crippen LogP contribution in [0.4, 0.5) is 0 Å². The van der Waals surface area contributed by atoms with E-state index in [0.717, 1.165) is 16.6 Å². The number of benzene rings is 1. The summed E-state index contributed by atoms with van der Waals surface area (Å²) in [6.45, 7) is 0. The third kappa shape index (κ3) is 3.00. The Balaban J connectivity index is 1.67. The number of hydrogen-bond donors (Lipinski definition) is 2. The van der Waals surface area contributed by atoms with Gasteiger partial charge in [-0.3, -0.25) is 0 Å². The molecule has 25 heavy (non-hydrogen) atoms. The van der Waals surface area contributed by atoms with E-state index in [1.54, 1.807) is 6.07 Å². The Labute approximate surface area is 147 Å². The van der Waals surface area contributed by atoms with Gasteiger partial charge in [0.25, 0.3) is 0 Å². The molecule has 1 saturated carbocycles. The van der Waals surface area contributed by atoms with Crippen LogP contribution in [-0.4, -0.2) is 45.3 Å². The fraction of sp³-hybridized carbons (Fsp3) is 0.400. The minimum atomic E-state index is 0.236. The topological polar surface area (TPSA) is 65.0 Å². The molecule has 0 unspecified atom stereocenters. The standard InChI is InChI=1S/C20H24N4O/c1-24(2)14-9-7-13(8-10-14)17-12-21-20-16(17)11-18(22-23-20)15-5-3-4-6-19(15)25/h3-6,11-14,25H,7-10H2,1-2H3,(H,21,23). The van der Waals surface area contributed by atoms with Crippen molar-refractivity contribution in [3.05, 3.63) is 42.1 Å². The molecular formula is C20H24N4O. The number of hydrogen-bond acceptors (Lipinski definition) is 4. The van der Waals surface area contributed by atoms with E-state index in [1.165, 1.54) is 31.2 Å². The van der Waals surface area contributed by atoms with Gasteiger partial charge in [0.2, 0.25) is 0 Å². The van der Waals surface area contributed by atoms with E-state index >= 15 is 0 Å². The number of nitrogens with zero attached hydrogens (tertiary/aromatic N) is 3. The van der Waals surface area contributed by atoms with Gasteiger partial charge in [-0.1, -0.05) is 12.1 Å². The highest BCUT2D eigenvalue weighted by molar-refractivity contribution is 5.84. The van der Waals surface area contributed by atoms with Gasteiger partial charge >= 0.3 is 0 Å². The summed E-state index contributed by atoms with van der Waals surface area (Å²) in [6, 6.07) is 10.0. The zero-order valence-electron chi connectivity index (χ0n) is 14.7. The number of aromatic amines is 1. The molecule has 3 aromatic rings. The first kappa shape index (κ1) is 16.1. The highest BCUT2D eigenvalue weighted by Gasteiger charge is 2.25. The summed E-state index contributed by atoms with van der Waals surface area (Å²) in [6.07, 6.45) is 6.95. The lowest BCUT2D eigenvalue weighted by atomic mass is 9.81. The summed E-state index contributed by atoms with van der Waals surface area (Å²) < 4.78 is 0. The zero-order valence-corrected chi connectivity index (χ0v) is 14.7. The molecular weight excluding hydrogens is 312 g/mol. The number of phenolic OH excluding ortho intramolecular Hbond substituents is 1. The van der Waals surface area contributed by atoms with Gasteiger partial charge < -0.3 is 15.0 Å². The summed E-state index contributed by atoms with van der Waals surface area (Å²) in [5.41, 5.74) is 3.59. The Bertz CT molecular complexity index is 878. The monoisotopic (exact) mass is 336 g/mol. The molecule has 4 rings (SSSR count). The third-order valence-corrected chi connectivity index (χ3v) is 5.52. The number of phenols is 1. The average molecular weight is 336 g/mol. The molecule has 0 bridgehead atoms. The Morgan fingerprint density at radius 2 is 1.84 bits per heavy atom. The van der Waals surface area contributed by atoms with Crippen LogP contribution in [0, 0.1) is 0 Å². The molecule has 5 heteroatoms. The van der Waals surface area contributed by atoms with Crippen LogP contribution in [0.3, 0.4) is 0 Å². The molecule has 0 aliphatic heterocycles. The number of nitrogens with one attached hydrogen (secondary N) is 1. The number of aromatic nitrogens is 3. The molecule has 1 fully saturated rings. The van der Waals surface area contributed by atoms with E-state index < -0.39 is 0 Å². The minimum absolute atomic E-state index is 0.236. The predicted molar refractivity (Wildman–Crippen MR) is 99.7 cm³/mol. The van der Waals surface area contributed by atoms with Gasteiger partial charge in [-0.2, -0.15) is 0 Å². The Hall–Kier alpha value is -2.40. The first-order valence-electron chi connectivity index (χ1n) is 8.93. The van der Waals surface area contributed by atoms with Crippen LogP contribution < -0.4 is 0 Å². The molecule has 0 saturated heterocycles. The highest BCUT2D eigenvalue weighted by Crippen LogP contribution is 2.38. The van der Waals surface area contributed by atoms with Crippen molar-refractivity contribution in [2.75, 3.05) is 14.1 Å². The number of fused-ring (bicyclic) bond motifs is 1. The second-order valence-electron chi connectivity index (χ2n) is 7.22. The average Bonchev–Trinajstić information content (AvgIpc) is 3.05. The first-order valence-corrected chi connectivity index (χ1v) is 8.93. The maximum Gasteiger partial charge on any atom is 0.160 e. The molecule has 1 aliphatic carbocycles. The largest absolute Gasteiger partial charge is 0.507 e. The Morgan fingerprint density at radius 1 is 1.08 bits per heavy atom. The van der Waals surface area contributed by atoms with Crippen molar-refractivity contribution >= 4 is 11.0 Å². The normalized spacial score (nSPS) is 21.1. The highest BCUT2D eigenvalue weighted by atomic mass is 16.3. The van der Waals surface area contributed by atoms with E-state index in [4.69, 9.17) is 0 Å². The van der Waals surface area contributed by atoms with E-state index in [-0.39, 0.29) is 5.75 Å². The number of para-hydroxylation sites is 1. The van der Waals surface area contributed by atoms with Crippen LogP contribution in [0.2, 0.25) is 0 Å². The van der Waals surface area contributed by atoms with Crippen molar-refractivity contribution in [1.82, 2.24) is 20.1 Å². The molecule has 2 aromatic heterocycles. The van der Waals surface area contributed by atoms with Crippen molar-refractivity contribution < 1.29 is 5.11 Å². The minimum Gasteiger partial charge on any atom is -0.507 e. The van der Waals surface area contributed by atoms with Crippen LogP contribution in [0.5, 0.6) is 5.75 Å². The quantitative estimate of drug-likeness (QED) is 0.761. The van der Waals surface area contributed by atoms with Crippen LogP contribution in [0.15, 0.2) is 36.5 Å². The Kier molecular flexibility index (Phi) is 4.17. The Morgan fingerprint density at radius 3 is 2.56 bits per heavy atom. The summed E-state index contributed by atoms with van der Waals surface area (Å²) in [5.74, 6) is 0.797. The van der Waals surface area contributed by atoms with Crippen LogP contribution in [-0.2, 0) is 0 Å². The van der Waals surface area contributed by atoms with Gasteiger partial charge in [0.05, 0.1) is 5.69 Å². The van der Waals surface area contributed by atoms with Gasteiger partial charge in [-0.25, -0.2) is 0 Å². The van der Waals surface area contributed by atoms with Gasteiger partial charge in [0.1, 0.15) is 5.75 Å². The van der Waals surface area contributed by atoms with Gasteiger partial charge in [-0.05, 0) is 69.5 Å². The lowest BCUT2D eigenvalue weighted by Gasteiger charge is -2.32. The fourth-order valence-corrected chi connectivity index (χ4v) is 4.01. The van der Waals surface area contributed by atoms with E-state index in [1.807, 2.05) is 18.2 Å². The van der Waals surface area contributed by atoms with Crippen LogP contribution >= 0.6 is 0 Å². The summed E-state index contributed by atoms with van der Waals surface area (Å²) >= 11 is 0. The molecule has 130 valence electrons. The van der Waals surface area contributed by atoms with E-state index in [0.29, 0.717) is 17.7 Å². The van der Waals surface area contributed by atoms with Crippen LogP contribution in [0.25, 0.3) is 22.3 Å². The van der Waals surface area contributed by atoms with Gasteiger partial charge in [-0.15, -0.1) is 10.2 Å². The van der Waals surface area contributed by atoms with E-state index in [2.05, 4.69) is 46.4 Å². The maximum atomic E-state index is 10.1. The van der Waals surface area contributed by atoms with Crippen molar-refractivity contribution in [1.29, 1.82) is 0 Å². The predicted octanol–water partition coefficient (Wildman–Crippen LogP) is 3.92. The second-order valence-corrected chi connectivity index (χ2v) is 7.22. The summed E-state index contributed by atoms with van der Waals surface area (Å²) in [4.78, 5) is 5.61. The summed E-state index contributed by atoms with van der Waals surface area (Å²) in [5, 5.41) is 19.8. The zero-order chi connectivity index (χ0) is 17.4. The van der Waals surface area contributed by atoms with Crippen molar-refractivity contribution in [2.45, 2.75) is 37.6 Å². The molecule has 1 aromatic carbocycles. The molecule has 1 aliphatic rings. The number of rotatable bonds is 3. The second kappa shape index (κ2) is 6.48. The van der Waals surface area contributed by atoms with Crippen molar-refractivity contribution in [3.8, 4) is 17.0 Å². The number of aromatic hydroxyl groups is 1. The molecule has 0 amide bonds. The lowest BCUT2D eigenvalue weighted by molar-refractivity contribution is 0.217. The molecule has 0 spiro atoms. The molecule has 0 radical (unpaired) electrons. The number of H-pyrrole nitrogens is 1. The SMILES string of the molecule is CN(C)C1CCC(c2c[nH]c3nnc(-c4ccccc4O)cc23)CC1. The first-order chi connectivity index (χ1) is 12.1. The smallest absolute Gasteiger partial charge is 0.160 e. The fourth-order valence-electron chi connectivity index (χ4n) is 4.01. The maximum absolute atomic E-state index is 10.1. The summed E-state index contributed by atoms with van der Waals surface area (Å²) in [7, 11) is 4.34. The molecule has 2 heterocycles. The van der Waals surface area contributed by atoms with E-state index in [9.17, 15) is 5.11 Å². The molecule has 5 nitrogen and oxygen atoms in total.